The summed E-state index contributed by atoms with van der Waals surface area (Å²) >= 11 is 3.67. The minimum atomic E-state index is -0.408. The largest absolute Gasteiger partial charge is 0.389 e. The molecular weight excluding hydrogens is 328 g/mol. The molecule has 1 unspecified atom stereocenters. The Morgan fingerprint density at radius 3 is 2.38 bits per heavy atom. The fourth-order valence-corrected chi connectivity index (χ4v) is 4.28. The van der Waals surface area contributed by atoms with Gasteiger partial charge in [-0.25, -0.2) is 0 Å². The molecule has 3 rings (SSSR count). The predicted octanol–water partition coefficient (Wildman–Crippen LogP) is 3.57. The summed E-state index contributed by atoms with van der Waals surface area (Å²) < 4.78 is 1.09. The summed E-state index contributed by atoms with van der Waals surface area (Å²) in [4.78, 5) is 5.14. The van der Waals surface area contributed by atoms with Crippen LogP contribution in [0, 0.1) is 0 Å². The Morgan fingerprint density at radius 2 is 1.81 bits per heavy atom. The first-order valence-electron chi connectivity index (χ1n) is 8.11. The number of hydrogen-bond acceptors (Lipinski definition) is 3. The molecule has 1 heterocycles. The molecule has 1 aliphatic carbocycles. The van der Waals surface area contributed by atoms with Crippen LogP contribution in [0.25, 0.3) is 0 Å². The highest BCUT2D eigenvalue weighted by Crippen LogP contribution is 2.31. The Balaban J connectivity index is 1.63. The molecule has 1 aromatic rings. The van der Waals surface area contributed by atoms with E-state index < -0.39 is 6.10 Å². The normalized spacial score (nSPS) is 22.7. The molecule has 0 spiro atoms. The SMILES string of the molecule is CC(O)c1ccc(N2CCN(C3CCCC3)CC2)c(Br)c1. The minimum Gasteiger partial charge on any atom is -0.389 e. The van der Waals surface area contributed by atoms with Crippen LogP contribution in [0.2, 0.25) is 0 Å². The van der Waals surface area contributed by atoms with E-state index >= 15 is 0 Å². The van der Waals surface area contributed by atoms with E-state index in [4.69, 9.17) is 0 Å². The highest BCUT2D eigenvalue weighted by molar-refractivity contribution is 9.10. The molecule has 0 radical (unpaired) electrons. The molecule has 2 aliphatic rings. The van der Waals surface area contributed by atoms with Crippen molar-refractivity contribution in [2.45, 2.75) is 44.8 Å². The van der Waals surface area contributed by atoms with Crippen molar-refractivity contribution in [3.8, 4) is 0 Å². The number of piperazine rings is 1. The van der Waals surface area contributed by atoms with Gasteiger partial charge in [0.2, 0.25) is 0 Å². The van der Waals surface area contributed by atoms with Crippen LogP contribution in [-0.2, 0) is 0 Å². The Morgan fingerprint density at radius 1 is 1.14 bits per heavy atom. The van der Waals surface area contributed by atoms with Gasteiger partial charge in [-0.3, -0.25) is 4.90 Å². The van der Waals surface area contributed by atoms with Gasteiger partial charge in [0, 0.05) is 36.7 Å². The number of aliphatic hydroxyl groups is 1. The van der Waals surface area contributed by atoms with Crippen LogP contribution in [-0.4, -0.2) is 42.2 Å². The Labute approximate surface area is 136 Å². The molecule has 0 amide bonds. The standard InChI is InChI=1S/C17H25BrN2O/c1-13(21)14-6-7-17(16(18)12-14)20-10-8-19(9-11-20)15-4-2-3-5-15/h6-7,12-13,15,21H,2-5,8-11H2,1H3. The number of aliphatic hydroxyl groups excluding tert-OH is 1. The summed E-state index contributed by atoms with van der Waals surface area (Å²) in [5.41, 5.74) is 2.22. The molecule has 1 aliphatic heterocycles. The summed E-state index contributed by atoms with van der Waals surface area (Å²) in [5, 5.41) is 9.66. The molecule has 0 bridgehead atoms. The van der Waals surface area contributed by atoms with E-state index in [0.717, 1.165) is 29.2 Å². The lowest BCUT2D eigenvalue weighted by atomic mass is 10.1. The number of rotatable bonds is 3. The van der Waals surface area contributed by atoms with Gasteiger partial charge in [-0.05, 0) is 53.4 Å². The first-order chi connectivity index (χ1) is 10.1. The third kappa shape index (κ3) is 3.43. The van der Waals surface area contributed by atoms with Crippen LogP contribution >= 0.6 is 15.9 Å². The first-order valence-corrected chi connectivity index (χ1v) is 8.91. The van der Waals surface area contributed by atoms with Gasteiger partial charge in [0.25, 0.3) is 0 Å². The third-order valence-corrected chi connectivity index (χ3v) is 5.59. The molecule has 1 saturated heterocycles. The second-order valence-electron chi connectivity index (χ2n) is 6.35. The molecule has 3 nitrogen and oxygen atoms in total. The summed E-state index contributed by atoms with van der Waals surface area (Å²) in [6.45, 7) is 6.36. The smallest absolute Gasteiger partial charge is 0.0762 e. The number of benzene rings is 1. The molecular formula is C17H25BrN2O. The minimum absolute atomic E-state index is 0.408. The third-order valence-electron chi connectivity index (χ3n) is 4.95. The van der Waals surface area contributed by atoms with Crippen LogP contribution < -0.4 is 4.90 Å². The maximum atomic E-state index is 9.66. The van der Waals surface area contributed by atoms with Crippen LogP contribution in [0.4, 0.5) is 5.69 Å². The average Bonchev–Trinajstić information content (AvgIpc) is 3.01. The maximum absolute atomic E-state index is 9.66. The molecule has 0 aromatic heterocycles. The zero-order valence-corrected chi connectivity index (χ0v) is 14.3. The van der Waals surface area contributed by atoms with E-state index in [9.17, 15) is 5.11 Å². The van der Waals surface area contributed by atoms with Crippen LogP contribution in [0.1, 0.15) is 44.3 Å². The lowest BCUT2D eigenvalue weighted by molar-refractivity contribution is 0.187. The molecule has 2 fully saturated rings. The monoisotopic (exact) mass is 352 g/mol. The van der Waals surface area contributed by atoms with E-state index in [0.29, 0.717) is 0 Å². The molecule has 4 heteroatoms. The van der Waals surface area contributed by atoms with Crippen molar-refractivity contribution in [1.82, 2.24) is 4.90 Å². The number of halogens is 1. The second kappa shape index (κ2) is 6.67. The van der Waals surface area contributed by atoms with Crippen molar-refractivity contribution in [2.75, 3.05) is 31.1 Å². The van der Waals surface area contributed by atoms with Gasteiger partial charge in [-0.1, -0.05) is 18.9 Å². The lowest BCUT2D eigenvalue weighted by Crippen LogP contribution is -2.49. The van der Waals surface area contributed by atoms with E-state index in [-0.39, 0.29) is 0 Å². The fraction of sp³-hybridized carbons (Fsp3) is 0.647. The van der Waals surface area contributed by atoms with E-state index in [2.05, 4.69) is 31.8 Å². The zero-order chi connectivity index (χ0) is 14.8. The molecule has 1 aromatic carbocycles. The topological polar surface area (TPSA) is 26.7 Å². The van der Waals surface area contributed by atoms with Gasteiger partial charge in [-0.15, -0.1) is 0 Å². The summed E-state index contributed by atoms with van der Waals surface area (Å²) in [6.07, 6.45) is 5.21. The number of hydrogen-bond donors (Lipinski definition) is 1. The summed E-state index contributed by atoms with van der Waals surface area (Å²) in [7, 11) is 0. The fourth-order valence-electron chi connectivity index (χ4n) is 3.64. The van der Waals surface area contributed by atoms with Crippen LogP contribution in [0.15, 0.2) is 22.7 Å². The quantitative estimate of drug-likeness (QED) is 0.900. The van der Waals surface area contributed by atoms with Gasteiger partial charge in [-0.2, -0.15) is 0 Å². The Kier molecular flexibility index (Phi) is 4.87. The molecule has 116 valence electrons. The van der Waals surface area contributed by atoms with Gasteiger partial charge in [0.1, 0.15) is 0 Å². The second-order valence-corrected chi connectivity index (χ2v) is 7.20. The Bertz CT molecular complexity index is 478. The first kappa shape index (κ1) is 15.3. The molecule has 1 saturated carbocycles. The lowest BCUT2D eigenvalue weighted by Gasteiger charge is -2.39. The number of anilines is 1. The van der Waals surface area contributed by atoms with Crippen LogP contribution in [0.3, 0.4) is 0 Å². The summed E-state index contributed by atoms with van der Waals surface area (Å²) in [6, 6.07) is 7.06. The van der Waals surface area contributed by atoms with E-state index in [1.807, 2.05) is 19.1 Å². The Hall–Kier alpha value is -0.580. The van der Waals surface area contributed by atoms with Crippen molar-refractivity contribution >= 4 is 21.6 Å². The van der Waals surface area contributed by atoms with Gasteiger partial charge in [0.05, 0.1) is 11.8 Å². The highest BCUT2D eigenvalue weighted by atomic mass is 79.9. The van der Waals surface area contributed by atoms with Gasteiger partial charge < -0.3 is 10.0 Å². The van der Waals surface area contributed by atoms with Crippen molar-refractivity contribution in [2.24, 2.45) is 0 Å². The average molecular weight is 353 g/mol. The molecule has 21 heavy (non-hydrogen) atoms. The van der Waals surface area contributed by atoms with Crippen molar-refractivity contribution in [3.05, 3.63) is 28.2 Å². The molecule has 1 N–H and O–H groups in total. The van der Waals surface area contributed by atoms with Crippen LogP contribution in [0.5, 0.6) is 0 Å². The van der Waals surface area contributed by atoms with E-state index in [1.54, 1.807) is 0 Å². The number of nitrogens with zero attached hydrogens (tertiary/aromatic N) is 2. The van der Waals surface area contributed by atoms with Gasteiger partial charge >= 0.3 is 0 Å². The van der Waals surface area contributed by atoms with Crippen molar-refractivity contribution in [1.29, 1.82) is 0 Å². The van der Waals surface area contributed by atoms with Gasteiger partial charge in [0.15, 0.2) is 0 Å². The van der Waals surface area contributed by atoms with Crippen molar-refractivity contribution < 1.29 is 5.11 Å². The molecule has 1 atom stereocenters. The van der Waals surface area contributed by atoms with E-state index in [1.165, 1.54) is 44.5 Å². The van der Waals surface area contributed by atoms with Crippen molar-refractivity contribution in [3.63, 3.8) is 0 Å². The predicted molar refractivity (Wildman–Crippen MR) is 90.8 cm³/mol. The summed E-state index contributed by atoms with van der Waals surface area (Å²) in [5.74, 6) is 0. The zero-order valence-electron chi connectivity index (χ0n) is 12.8. The highest BCUT2D eigenvalue weighted by Gasteiger charge is 2.26. The maximum Gasteiger partial charge on any atom is 0.0762 e.